The van der Waals surface area contributed by atoms with Gasteiger partial charge in [-0.2, -0.15) is 0 Å². The minimum Gasteiger partial charge on any atom is -0.394 e. The van der Waals surface area contributed by atoms with Crippen molar-refractivity contribution in [3.05, 3.63) is 0 Å². The molecule has 0 amide bonds. The average Bonchev–Trinajstić information content (AvgIpc) is 2.72. The molecular formula is C22H48O6. The Bertz CT molecular complexity index is 303. The van der Waals surface area contributed by atoms with Crippen molar-refractivity contribution >= 4 is 0 Å². The van der Waals surface area contributed by atoms with Gasteiger partial charge in [0.15, 0.2) is 0 Å². The molecule has 5 N–H and O–H groups in total. The summed E-state index contributed by atoms with van der Waals surface area (Å²) in [7, 11) is 0. The van der Waals surface area contributed by atoms with Crippen molar-refractivity contribution < 1.29 is 30.3 Å². The molecule has 0 bridgehead atoms. The average molecular weight is 409 g/mol. The van der Waals surface area contributed by atoms with Crippen LogP contribution in [0.5, 0.6) is 0 Å². The summed E-state index contributed by atoms with van der Waals surface area (Å²) < 4.78 is 5.33. The second-order valence-corrected chi connectivity index (χ2v) is 7.76. The van der Waals surface area contributed by atoms with E-state index in [1.165, 1.54) is 25.7 Å². The maximum absolute atomic E-state index is 9.51. The lowest BCUT2D eigenvalue weighted by Gasteiger charge is -2.21. The SMILES string of the molecule is CCCCC(CC)CC(O)C(O)CO.CCCCC(CC)COCC(O)CO. The molecule has 0 aliphatic carbocycles. The number of aliphatic hydroxyl groups is 5. The summed E-state index contributed by atoms with van der Waals surface area (Å²) in [5.41, 5.74) is 0. The molecule has 0 fully saturated rings. The van der Waals surface area contributed by atoms with E-state index < -0.39 is 18.3 Å². The van der Waals surface area contributed by atoms with E-state index in [1.54, 1.807) is 0 Å². The molecule has 0 spiro atoms. The third-order valence-corrected chi connectivity index (χ3v) is 5.17. The Morgan fingerprint density at radius 3 is 1.64 bits per heavy atom. The normalized spacial score (nSPS) is 16.6. The molecule has 0 aliphatic heterocycles. The van der Waals surface area contributed by atoms with E-state index in [1.807, 2.05) is 0 Å². The maximum atomic E-state index is 9.51. The molecule has 5 unspecified atom stereocenters. The van der Waals surface area contributed by atoms with E-state index in [0.717, 1.165) is 25.7 Å². The van der Waals surface area contributed by atoms with Crippen molar-refractivity contribution in [3.8, 4) is 0 Å². The van der Waals surface area contributed by atoms with Gasteiger partial charge >= 0.3 is 0 Å². The highest BCUT2D eigenvalue weighted by atomic mass is 16.5. The van der Waals surface area contributed by atoms with Gasteiger partial charge in [-0.05, 0) is 24.7 Å². The van der Waals surface area contributed by atoms with Gasteiger partial charge in [-0.25, -0.2) is 0 Å². The van der Waals surface area contributed by atoms with E-state index in [-0.39, 0.29) is 19.8 Å². The Kier molecular flexibility index (Phi) is 23.0. The van der Waals surface area contributed by atoms with Gasteiger partial charge in [0, 0.05) is 6.61 Å². The molecule has 0 aromatic rings. The molecule has 28 heavy (non-hydrogen) atoms. The van der Waals surface area contributed by atoms with Crippen LogP contribution in [0.15, 0.2) is 0 Å². The summed E-state index contributed by atoms with van der Waals surface area (Å²) in [6, 6.07) is 0. The first-order valence-electron chi connectivity index (χ1n) is 11.2. The predicted molar refractivity (Wildman–Crippen MR) is 114 cm³/mol. The lowest BCUT2D eigenvalue weighted by Crippen LogP contribution is -2.31. The quantitative estimate of drug-likeness (QED) is 0.253. The van der Waals surface area contributed by atoms with Crippen LogP contribution in [0.4, 0.5) is 0 Å². The van der Waals surface area contributed by atoms with Crippen LogP contribution < -0.4 is 0 Å². The zero-order valence-electron chi connectivity index (χ0n) is 18.7. The van der Waals surface area contributed by atoms with E-state index in [9.17, 15) is 10.2 Å². The molecule has 0 aliphatic rings. The molecular weight excluding hydrogens is 360 g/mol. The van der Waals surface area contributed by atoms with Crippen molar-refractivity contribution in [1.29, 1.82) is 0 Å². The Morgan fingerprint density at radius 2 is 1.21 bits per heavy atom. The Morgan fingerprint density at radius 1 is 0.679 bits per heavy atom. The summed E-state index contributed by atoms with van der Waals surface area (Å²) in [4.78, 5) is 0. The zero-order valence-corrected chi connectivity index (χ0v) is 18.7. The molecule has 6 heteroatoms. The highest BCUT2D eigenvalue weighted by Crippen LogP contribution is 2.19. The molecule has 5 atom stereocenters. The summed E-state index contributed by atoms with van der Waals surface area (Å²) in [5.74, 6) is 1.06. The van der Waals surface area contributed by atoms with E-state index in [0.29, 0.717) is 24.9 Å². The standard InChI is InChI=1S/2C11H24O3/c1-3-5-6-10(4-2)8-14-9-11(13)7-12;1-3-5-6-9(4-2)7-10(13)11(14)8-12/h10-13H,3-9H2,1-2H3;9-14H,3-8H2,1-2H3. The fourth-order valence-corrected chi connectivity index (χ4v) is 2.92. The largest absolute Gasteiger partial charge is 0.394 e. The van der Waals surface area contributed by atoms with Crippen LogP contribution in [-0.2, 0) is 4.74 Å². The van der Waals surface area contributed by atoms with Crippen molar-refractivity contribution in [2.75, 3.05) is 26.4 Å². The second-order valence-electron chi connectivity index (χ2n) is 7.76. The van der Waals surface area contributed by atoms with Gasteiger partial charge < -0.3 is 30.3 Å². The van der Waals surface area contributed by atoms with Crippen LogP contribution in [0.25, 0.3) is 0 Å². The van der Waals surface area contributed by atoms with Crippen LogP contribution in [0, 0.1) is 11.8 Å². The van der Waals surface area contributed by atoms with Crippen molar-refractivity contribution in [2.24, 2.45) is 11.8 Å². The first kappa shape index (κ1) is 30.0. The van der Waals surface area contributed by atoms with E-state index in [4.69, 9.17) is 20.1 Å². The van der Waals surface area contributed by atoms with Gasteiger partial charge in [0.1, 0.15) is 12.2 Å². The fourth-order valence-electron chi connectivity index (χ4n) is 2.92. The molecule has 0 saturated heterocycles. The summed E-state index contributed by atoms with van der Waals surface area (Å²) in [6.07, 6.45) is 7.34. The van der Waals surface area contributed by atoms with Crippen molar-refractivity contribution in [2.45, 2.75) is 104 Å². The van der Waals surface area contributed by atoms with Gasteiger partial charge in [-0.3, -0.25) is 0 Å². The first-order chi connectivity index (χ1) is 13.4. The number of hydrogen-bond donors (Lipinski definition) is 5. The van der Waals surface area contributed by atoms with Crippen molar-refractivity contribution in [1.82, 2.24) is 0 Å². The number of ether oxygens (including phenoxy) is 1. The number of aliphatic hydroxyl groups excluding tert-OH is 5. The maximum Gasteiger partial charge on any atom is 0.103 e. The number of unbranched alkanes of at least 4 members (excludes halogenated alkanes) is 2. The Hall–Kier alpha value is -0.240. The first-order valence-corrected chi connectivity index (χ1v) is 11.2. The van der Waals surface area contributed by atoms with Gasteiger partial charge in [-0.1, -0.05) is 72.6 Å². The minimum absolute atomic E-state index is 0.217. The van der Waals surface area contributed by atoms with Crippen LogP contribution in [0.3, 0.4) is 0 Å². The van der Waals surface area contributed by atoms with Crippen LogP contribution in [0.2, 0.25) is 0 Å². The molecule has 6 nitrogen and oxygen atoms in total. The van der Waals surface area contributed by atoms with E-state index in [2.05, 4.69) is 27.7 Å². The number of rotatable bonds is 17. The molecule has 0 rings (SSSR count). The third kappa shape index (κ3) is 17.8. The summed E-state index contributed by atoms with van der Waals surface area (Å²) in [5, 5.41) is 45.0. The molecule has 172 valence electrons. The Labute approximate surface area is 172 Å². The summed E-state index contributed by atoms with van der Waals surface area (Å²) >= 11 is 0. The lowest BCUT2D eigenvalue weighted by molar-refractivity contribution is -0.0256. The molecule has 0 aromatic carbocycles. The molecule has 0 heterocycles. The minimum atomic E-state index is -0.981. The Balaban J connectivity index is 0. The lowest BCUT2D eigenvalue weighted by atomic mass is 9.91. The van der Waals surface area contributed by atoms with Gasteiger partial charge in [-0.15, -0.1) is 0 Å². The summed E-state index contributed by atoms with van der Waals surface area (Å²) in [6.45, 7) is 8.96. The fraction of sp³-hybridized carbons (Fsp3) is 1.00. The highest BCUT2D eigenvalue weighted by Gasteiger charge is 2.19. The van der Waals surface area contributed by atoms with Crippen LogP contribution >= 0.6 is 0 Å². The van der Waals surface area contributed by atoms with Gasteiger partial charge in [0.25, 0.3) is 0 Å². The smallest absolute Gasteiger partial charge is 0.103 e. The second kappa shape index (κ2) is 21.5. The van der Waals surface area contributed by atoms with Crippen LogP contribution in [-0.4, -0.2) is 70.3 Å². The predicted octanol–water partition coefficient (Wildman–Crippen LogP) is 2.88. The monoisotopic (exact) mass is 408 g/mol. The van der Waals surface area contributed by atoms with Crippen molar-refractivity contribution in [3.63, 3.8) is 0 Å². The zero-order chi connectivity index (χ0) is 21.8. The number of hydrogen-bond acceptors (Lipinski definition) is 6. The van der Waals surface area contributed by atoms with Crippen LogP contribution in [0.1, 0.15) is 85.5 Å². The highest BCUT2D eigenvalue weighted by molar-refractivity contribution is 4.70. The van der Waals surface area contributed by atoms with Gasteiger partial charge in [0.05, 0.1) is 25.9 Å². The van der Waals surface area contributed by atoms with Gasteiger partial charge in [0.2, 0.25) is 0 Å². The topological polar surface area (TPSA) is 110 Å². The molecule has 0 radical (unpaired) electrons. The third-order valence-electron chi connectivity index (χ3n) is 5.17. The molecule has 0 saturated carbocycles. The van der Waals surface area contributed by atoms with E-state index >= 15 is 0 Å². The molecule has 0 aromatic heterocycles.